The molecular formula is C6H6Cl3O3PS. The maximum Gasteiger partial charge on any atom is 0.361 e. The summed E-state index contributed by atoms with van der Waals surface area (Å²) >= 11 is 5.72. The third-order valence-electron chi connectivity index (χ3n) is 1.23. The summed E-state index contributed by atoms with van der Waals surface area (Å²) in [5.74, 6) is 0.145. The number of hydrogen-bond donors (Lipinski definition) is 2. The van der Waals surface area contributed by atoms with Crippen molar-refractivity contribution >= 4 is 48.2 Å². The minimum atomic E-state index is -3.79. The lowest BCUT2D eigenvalue weighted by molar-refractivity contribution is 0.370. The molecule has 14 heavy (non-hydrogen) atoms. The van der Waals surface area contributed by atoms with Crippen LogP contribution in [0.5, 0.6) is 5.75 Å². The van der Waals surface area contributed by atoms with Crippen molar-refractivity contribution in [3.05, 3.63) is 29.3 Å². The van der Waals surface area contributed by atoms with Crippen LogP contribution >= 0.6 is 39.7 Å². The van der Waals surface area contributed by atoms with Crippen molar-refractivity contribution in [2.24, 2.45) is 0 Å². The molecule has 1 aromatic rings. The van der Waals surface area contributed by atoms with E-state index in [9.17, 15) is 9.79 Å². The van der Waals surface area contributed by atoms with Crippen molar-refractivity contribution in [3.8, 4) is 5.75 Å². The summed E-state index contributed by atoms with van der Waals surface area (Å²) < 4.78 is 4.83. The monoisotopic (exact) mass is 294 g/mol. The molecule has 1 rings (SSSR count). The zero-order valence-electron chi connectivity index (χ0n) is 6.60. The summed E-state index contributed by atoms with van der Waals surface area (Å²) in [5, 5.41) is 0.263. The van der Waals surface area contributed by atoms with E-state index >= 15 is 0 Å². The lowest BCUT2D eigenvalue weighted by Crippen LogP contribution is -1.93. The Hall–Kier alpha value is 0.590. The summed E-state index contributed by atoms with van der Waals surface area (Å²) in [4.78, 5) is 18.6. The van der Waals surface area contributed by atoms with Gasteiger partial charge in [0, 0.05) is 0 Å². The highest BCUT2D eigenvalue weighted by molar-refractivity contribution is 8.53. The number of para-hydroxylation sites is 1. The van der Waals surface area contributed by atoms with Gasteiger partial charge in [-0.2, -0.15) is 0 Å². The fourth-order valence-electron chi connectivity index (χ4n) is 0.675. The van der Waals surface area contributed by atoms with Crippen LogP contribution in [0.15, 0.2) is 24.3 Å². The van der Waals surface area contributed by atoms with Gasteiger partial charge in [-0.3, -0.25) is 0 Å². The average Bonchev–Trinajstić information content (AvgIpc) is 2.08. The zero-order valence-corrected chi connectivity index (χ0v) is 10.6. The van der Waals surface area contributed by atoms with Gasteiger partial charge in [-0.05, 0) is 33.5 Å². The van der Waals surface area contributed by atoms with Crippen LogP contribution in [0, 0.1) is 0 Å². The van der Waals surface area contributed by atoms with E-state index in [0.717, 1.165) is 0 Å². The highest BCUT2D eigenvalue weighted by Gasteiger charge is 2.18. The standard InChI is InChI=1S/C6H6Cl3O3PS/c7-5-3-1-2-4-6(5)12-13(10,11)14(8)9/h1-4,10-11H. The summed E-state index contributed by atoms with van der Waals surface area (Å²) in [6, 6.07) is 6.37. The molecule has 0 amide bonds. The Balaban J connectivity index is 3.02. The van der Waals surface area contributed by atoms with Crippen LogP contribution in [0.25, 0.3) is 0 Å². The van der Waals surface area contributed by atoms with E-state index in [1.807, 2.05) is 0 Å². The van der Waals surface area contributed by atoms with E-state index in [0.29, 0.717) is 0 Å². The molecular weight excluding hydrogens is 289 g/mol. The lowest BCUT2D eigenvalue weighted by atomic mass is 10.3. The third-order valence-corrected chi connectivity index (χ3v) is 6.88. The van der Waals surface area contributed by atoms with Gasteiger partial charge in [0.05, 0.1) is 13.5 Å². The molecule has 0 aliphatic heterocycles. The molecule has 0 bridgehead atoms. The van der Waals surface area contributed by atoms with E-state index < -0.39 is 15.2 Å². The van der Waals surface area contributed by atoms with Gasteiger partial charge in [0.2, 0.25) is 0 Å². The number of halogens is 3. The maximum absolute atomic E-state index is 9.30. The molecule has 0 atom stereocenters. The number of hydrogen-bond acceptors (Lipinski definition) is 1. The molecule has 0 fully saturated rings. The van der Waals surface area contributed by atoms with Crippen molar-refractivity contribution in [1.82, 2.24) is 0 Å². The summed E-state index contributed by atoms with van der Waals surface area (Å²) in [5.41, 5.74) is 0. The fourth-order valence-corrected chi connectivity index (χ4v) is 2.29. The first-order valence-electron chi connectivity index (χ1n) is 3.29. The molecule has 1 aromatic carbocycles. The van der Waals surface area contributed by atoms with Crippen LogP contribution in [0.1, 0.15) is 0 Å². The molecule has 0 saturated heterocycles. The normalized spacial score (nSPS) is 11.9. The van der Waals surface area contributed by atoms with E-state index in [4.69, 9.17) is 37.5 Å². The predicted octanol–water partition coefficient (Wildman–Crippen LogP) is 3.31. The Morgan fingerprint density at radius 2 is 1.79 bits per heavy atom. The van der Waals surface area contributed by atoms with E-state index in [2.05, 4.69) is 0 Å². The van der Waals surface area contributed by atoms with E-state index in [-0.39, 0.29) is 10.8 Å². The summed E-state index contributed by atoms with van der Waals surface area (Å²) in [6.07, 6.45) is 0. The topological polar surface area (TPSA) is 49.7 Å². The van der Waals surface area contributed by atoms with Gasteiger partial charge in [-0.15, -0.1) is 0 Å². The van der Waals surface area contributed by atoms with Crippen molar-refractivity contribution in [2.75, 3.05) is 0 Å². The summed E-state index contributed by atoms with van der Waals surface area (Å²) in [7, 11) is 9.04. The molecule has 0 spiro atoms. The van der Waals surface area contributed by atoms with Gasteiger partial charge < -0.3 is 14.3 Å². The smallest absolute Gasteiger partial charge is 0.361 e. The van der Waals surface area contributed by atoms with Crippen LogP contribution in [0.4, 0.5) is 0 Å². The molecule has 2 N–H and O–H groups in total. The Morgan fingerprint density at radius 1 is 1.21 bits per heavy atom. The van der Waals surface area contributed by atoms with Gasteiger partial charge >= 0.3 is 6.72 Å². The first kappa shape index (κ1) is 12.7. The molecule has 80 valence electrons. The van der Waals surface area contributed by atoms with Crippen LogP contribution in [-0.4, -0.2) is 9.79 Å². The molecule has 8 heteroatoms. The Morgan fingerprint density at radius 3 is 2.29 bits per heavy atom. The quantitative estimate of drug-likeness (QED) is 0.823. The second kappa shape index (κ2) is 5.08. The molecule has 0 heterocycles. The largest absolute Gasteiger partial charge is 0.425 e. The minimum absolute atomic E-state index is 0.145. The van der Waals surface area contributed by atoms with Gasteiger partial charge in [0.1, 0.15) is 5.75 Å². The Kier molecular flexibility index (Phi) is 4.59. The predicted molar refractivity (Wildman–Crippen MR) is 62.5 cm³/mol. The van der Waals surface area contributed by atoms with Gasteiger partial charge in [-0.1, -0.05) is 23.7 Å². The molecule has 0 aromatic heterocycles. The summed E-state index contributed by atoms with van der Waals surface area (Å²) in [6.45, 7) is -3.79. The average molecular weight is 296 g/mol. The first-order chi connectivity index (χ1) is 6.43. The molecule has 0 aliphatic carbocycles. The second-order valence-corrected chi connectivity index (χ2v) is 10.3. The van der Waals surface area contributed by atoms with Gasteiger partial charge in [0.25, 0.3) is 0 Å². The van der Waals surface area contributed by atoms with Crippen molar-refractivity contribution in [3.63, 3.8) is 0 Å². The van der Waals surface area contributed by atoms with Crippen molar-refractivity contribution in [1.29, 1.82) is 0 Å². The maximum atomic E-state index is 9.30. The van der Waals surface area contributed by atoms with Crippen LogP contribution < -0.4 is 4.52 Å². The van der Waals surface area contributed by atoms with Crippen molar-refractivity contribution < 1.29 is 14.3 Å². The van der Waals surface area contributed by atoms with Gasteiger partial charge in [-0.25, -0.2) is 0 Å². The first-order valence-corrected chi connectivity index (χ1v) is 8.77. The second-order valence-electron chi connectivity index (χ2n) is 2.21. The lowest BCUT2D eigenvalue weighted by Gasteiger charge is -2.14. The van der Waals surface area contributed by atoms with E-state index in [1.165, 1.54) is 6.07 Å². The fraction of sp³-hybridized carbons (Fsp3) is 0. The van der Waals surface area contributed by atoms with E-state index in [1.54, 1.807) is 18.2 Å². The van der Waals surface area contributed by atoms with Crippen LogP contribution in [0.2, 0.25) is 5.02 Å². The van der Waals surface area contributed by atoms with Crippen LogP contribution in [0.3, 0.4) is 0 Å². The molecule has 0 unspecified atom stereocenters. The minimum Gasteiger partial charge on any atom is -0.425 e. The SMILES string of the molecule is OP(O)(Oc1ccccc1Cl)=S(Cl)Cl. The molecule has 0 aliphatic rings. The number of benzene rings is 1. The molecule has 0 radical (unpaired) electrons. The highest BCUT2D eigenvalue weighted by Crippen LogP contribution is 2.48. The molecule has 0 saturated carbocycles. The number of rotatable bonds is 2. The Bertz CT molecular complexity index is 388. The van der Waals surface area contributed by atoms with Gasteiger partial charge in [0.15, 0.2) is 0 Å². The Labute approximate surface area is 97.4 Å². The van der Waals surface area contributed by atoms with Crippen LogP contribution in [-0.2, 0) is 8.50 Å². The molecule has 3 nitrogen and oxygen atoms in total. The zero-order chi connectivity index (χ0) is 10.8. The van der Waals surface area contributed by atoms with Crippen molar-refractivity contribution in [2.45, 2.75) is 0 Å². The third kappa shape index (κ3) is 3.31. The highest BCUT2D eigenvalue weighted by atomic mass is 36.0.